The molecule has 0 aliphatic carbocycles. The summed E-state index contributed by atoms with van der Waals surface area (Å²) in [7, 11) is 0. The number of anilines is 1. The van der Waals surface area contributed by atoms with E-state index in [4.69, 9.17) is 11.6 Å². The molecule has 23 heavy (non-hydrogen) atoms. The van der Waals surface area contributed by atoms with Crippen LogP contribution in [0, 0.1) is 0 Å². The number of halogens is 1. The highest BCUT2D eigenvalue weighted by Gasteiger charge is 2.17. The van der Waals surface area contributed by atoms with Crippen LogP contribution in [-0.2, 0) is 4.79 Å². The van der Waals surface area contributed by atoms with Crippen molar-refractivity contribution in [1.29, 1.82) is 0 Å². The molecule has 0 fully saturated rings. The highest BCUT2D eigenvalue weighted by Crippen LogP contribution is 2.32. The molecule has 0 aliphatic heterocycles. The van der Waals surface area contributed by atoms with Crippen molar-refractivity contribution in [3.63, 3.8) is 0 Å². The molecule has 1 amide bonds. The largest absolute Gasteiger partial charge is 0.307 e. The van der Waals surface area contributed by atoms with Gasteiger partial charge in [0.05, 0.1) is 5.69 Å². The van der Waals surface area contributed by atoms with Crippen LogP contribution >= 0.6 is 11.6 Å². The Morgan fingerprint density at radius 2 is 1.74 bits per heavy atom. The molecule has 0 aromatic heterocycles. The molecule has 0 heterocycles. The zero-order valence-corrected chi connectivity index (χ0v) is 14.5. The van der Waals surface area contributed by atoms with Gasteiger partial charge < -0.3 is 9.80 Å². The van der Waals surface area contributed by atoms with Gasteiger partial charge in [-0.15, -0.1) is 0 Å². The molecule has 3 nitrogen and oxygen atoms in total. The van der Waals surface area contributed by atoms with Crippen molar-refractivity contribution < 1.29 is 4.79 Å². The molecule has 0 unspecified atom stereocenters. The van der Waals surface area contributed by atoms with Gasteiger partial charge in [-0.3, -0.25) is 4.79 Å². The Balaban J connectivity index is 2.42. The Labute approximate surface area is 143 Å². The van der Waals surface area contributed by atoms with Crippen LogP contribution in [-0.4, -0.2) is 37.0 Å². The van der Waals surface area contributed by atoms with E-state index in [1.54, 1.807) is 4.90 Å². The van der Waals surface area contributed by atoms with Crippen molar-refractivity contribution in [1.82, 2.24) is 4.90 Å². The fourth-order valence-electron chi connectivity index (χ4n) is 2.72. The van der Waals surface area contributed by atoms with Crippen molar-refractivity contribution in [2.24, 2.45) is 0 Å². The standard InChI is InChI=1S/C19H23ClN2O/c1-4-19(23)22(14-13-21(5-2)6-3)18-12-11-17(20)15-9-7-8-10-16(15)18/h4,7-12H,1,5-6,13-14H2,2-3H3. The van der Waals surface area contributed by atoms with Crippen molar-refractivity contribution in [3.05, 3.63) is 54.1 Å². The molecule has 0 bridgehead atoms. The molecular weight excluding hydrogens is 308 g/mol. The summed E-state index contributed by atoms with van der Waals surface area (Å²) in [6.07, 6.45) is 1.37. The molecule has 0 saturated carbocycles. The van der Waals surface area contributed by atoms with E-state index in [1.165, 1.54) is 6.08 Å². The summed E-state index contributed by atoms with van der Waals surface area (Å²) in [6.45, 7) is 11.3. The SMILES string of the molecule is C=CC(=O)N(CCN(CC)CC)c1ccc(Cl)c2ccccc12. The van der Waals surface area contributed by atoms with Crippen LogP contribution in [0.15, 0.2) is 49.1 Å². The minimum Gasteiger partial charge on any atom is -0.307 e. The van der Waals surface area contributed by atoms with Crippen LogP contribution in [0.4, 0.5) is 5.69 Å². The summed E-state index contributed by atoms with van der Waals surface area (Å²) in [5, 5.41) is 2.63. The third kappa shape index (κ3) is 3.92. The quantitative estimate of drug-likeness (QED) is 0.704. The molecule has 4 heteroatoms. The lowest BCUT2D eigenvalue weighted by Crippen LogP contribution is -2.38. The third-order valence-electron chi connectivity index (χ3n) is 4.11. The van der Waals surface area contributed by atoms with Crippen molar-refractivity contribution in [2.75, 3.05) is 31.1 Å². The number of benzene rings is 2. The summed E-state index contributed by atoms with van der Waals surface area (Å²) >= 11 is 6.29. The Hall–Kier alpha value is -1.84. The fourth-order valence-corrected chi connectivity index (χ4v) is 2.95. The Bertz CT molecular complexity index is 695. The number of rotatable bonds is 7. The first kappa shape index (κ1) is 17.5. The van der Waals surface area contributed by atoms with Crippen molar-refractivity contribution >= 4 is 34.0 Å². The van der Waals surface area contributed by atoms with Crippen molar-refractivity contribution in [2.45, 2.75) is 13.8 Å². The molecule has 0 spiro atoms. The minimum absolute atomic E-state index is 0.0929. The van der Waals surface area contributed by atoms with Gasteiger partial charge in [0.25, 0.3) is 0 Å². The van der Waals surface area contributed by atoms with Crippen LogP contribution in [0.5, 0.6) is 0 Å². The molecule has 0 radical (unpaired) electrons. The zero-order valence-electron chi connectivity index (χ0n) is 13.8. The molecule has 2 aromatic carbocycles. The summed E-state index contributed by atoms with van der Waals surface area (Å²) in [5.74, 6) is -0.0929. The summed E-state index contributed by atoms with van der Waals surface area (Å²) in [5.41, 5.74) is 0.877. The highest BCUT2D eigenvalue weighted by atomic mass is 35.5. The number of hydrogen-bond acceptors (Lipinski definition) is 2. The first-order valence-electron chi connectivity index (χ1n) is 7.95. The van der Waals surface area contributed by atoms with Crippen LogP contribution in [0.1, 0.15) is 13.8 Å². The predicted octanol–water partition coefficient (Wildman–Crippen LogP) is 4.35. The molecule has 2 aromatic rings. The van der Waals surface area contributed by atoms with Gasteiger partial charge >= 0.3 is 0 Å². The molecule has 0 N–H and O–H groups in total. The zero-order chi connectivity index (χ0) is 16.8. The van der Waals surface area contributed by atoms with Gasteiger partial charge in [-0.2, -0.15) is 0 Å². The number of nitrogens with zero attached hydrogens (tertiary/aromatic N) is 2. The number of carbonyl (C=O) groups is 1. The van der Waals surface area contributed by atoms with Crippen LogP contribution in [0.3, 0.4) is 0 Å². The molecular formula is C19H23ClN2O. The van der Waals surface area contributed by atoms with Crippen LogP contribution in [0.2, 0.25) is 5.02 Å². The van der Waals surface area contributed by atoms with Crippen LogP contribution in [0.25, 0.3) is 10.8 Å². The van der Waals surface area contributed by atoms with Gasteiger partial charge in [0.15, 0.2) is 0 Å². The second-order valence-electron chi connectivity index (χ2n) is 5.33. The van der Waals surface area contributed by atoms with E-state index >= 15 is 0 Å². The normalized spacial score (nSPS) is 11.0. The van der Waals surface area contributed by atoms with E-state index in [0.29, 0.717) is 11.6 Å². The number of carbonyl (C=O) groups excluding carboxylic acids is 1. The smallest absolute Gasteiger partial charge is 0.250 e. The van der Waals surface area contributed by atoms with Gasteiger partial charge in [0, 0.05) is 28.9 Å². The van der Waals surface area contributed by atoms with Gasteiger partial charge in [-0.25, -0.2) is 0 Å². The number of likely N-dealkylation sites (N-methyl/N-ethyl adjacent to an activating group) is 1. The van der Waals surface area contributed by atoms with E-state index in [2.05, 4.69) is 25.3 Å². The third-order valence-corrected chi connectivity index (χ3v) is 4.44. The first-order valence-corrected chi connectivity index (χ1v) is 8.33. The maximum Gasteiger partial charge on any atom is 0.250 e. The lowest BCUT2D eigenvalue weighted by atomic mass is 10.1. The number of hydrogen-bond donors (Lipinski definition) is 0. The van der Waals surface area contributed by atoms with E-state index in [9.17, 15) is 4.79 Å². The minimum atomic E-state index is -0.0929. The Morgan fingerprint density at radius 3 is 2.35 bits per heavy atom. The average Bonchev–Trinajstić information content (AvgIpc) is 2.60. The second-order valence-corrected chi connectivity index (χ2v) is 5.74. The summed E-state index contributed by atoms with van der Waals surface area (Å²) in [6, 6.07) is 11.6. The monoisotopic (exact) mass is 330 g/mol. The van der Waals surface area contributed by atoms with E-state index in [0.717, 1.165) is 36.1 Å². The maximum atomic E-state index is 12.4. The Morgan fingerprint density at radius 1 is 1.09 bits per heavy atom. The van der Waals surface area contributed by atoms with Crippen molar-refractivity contribution in [3.8, 4) is 0 Å². The van der Waals surface area contributed by atoms with Gasteiger partial charge in [0.2, 0.25) is 5.91 Å². The van der Waals surface area contributed by atoms with Gasteiger partial charge in [0.1, 0.15) is 0 Å². The van der Waals surface area contributed by atoms with Gasteiger partial charge in [-0.05, 0) is 31.3 Å². The van der Waals surface area contributed by atoms with Crippen LogP contribution < -0.4 is 4.90 Å². The molecule has 0 saturated heterocycles. The summed E-state index contributed by atoms with van der Waals surface area (Å²) < 4.78 is 0. The highest BCUT2D eigenvalue weighted by molar-refractivity contribution is 6.36. The summed E-state index contributed by atoms with van der Waals surface area (Å²) in [4.78, 5) is 16.5. The Kier molecular flexibility index (Phi) is 6.20. The lowest BCUT2D eigenvalue weighted by Gasteiger charge is -2.27. The van der Waals surface area contributed by atoms with E-state index in [-0.39, 0.29) is 5.91 Å². The lowest BCUT2D eigenvalue weighted by molar-refractivity contribution is -0.114. The average molecular weight is 331 g/mol. The van der Waals surface area contributed by atoms with E-state index in [1.807, 2.05) is 36.4 Å². The molecule has 0 aliphatic rings. The second kappa shape index (κ2) is 8.14. The first-order chi connectivity index (χ1) is 11.1. The van der Waals surface area contributed by atoms with Gasteiger partial charge in [-0.1, -0.05) is 56.3 Å². The van der Waals surface area contributed by atoms with E-state index < -0.39 is 0 Å². The number of fused-ring (bicyclic) bond motifs is 1. The molecule has 122 valence electrons. The topological polar surface area (TPSA) is 23.6 Å². The number of amides is 1. The predicted molar refractivity (Wildman–Crippen MR) is 99.3 cm³/mol. The fraction of sp³-hybridized carbons (Fsp3) is 0.316. The maximum absolute atomic E-state index is 12.4. The molecule has 2 rings (SSSR count). The molecule has 0 atom stereocenters.